The Bertz CT molecular complexity index is 3320. The molecule has 2 aliphatic heterocycles. The van der Waals surface area contributed by atoms with Gasteiger partial charge in [-0.3, -0.25) is 0 Å². The third kappa shape index (κ3) is 5.20. The maximum Gasteiger partial charge on any atom is 0.227 e. The predicted molar refractivity (Wildman–Crippen MR) is 268 cm³/mol. The molecule has 0 saturated carbocycles. The number of hydrogen-bond donors (Lipinski definition) is 0. The standard InChI is InChI=1S/C60H51BN2/c1-59(2,3)41-27-29-50-46(32-41)47-33-42(60(4,5)6)34-49-57(47)62(50)51-30-40(36-18-10-7-11-19-36)31-52-55(51)61(49)54-44-28-26-37-20-16-17-25-43(37)45(44)35-48-53(38-21-12-8-13-22-38)56(63(52)58(48)54)39-23-14-9-15-24-39/h7-31,33-35,41,44,54H,32H2,1-6H3. The van der Waals surface area contributed by atoms with Crippen LogP contribution < -0.4 is 10.9 Å². The van der Waals surface area contributed by atoms with Gasteiger partial charge < -0.3 is 9.13 Å². The highest BCUT2D eigenvalue weighted by Crippen LogP contribution is 2.57. The summed E-state index contributed by atoms with van der Waals surface area (Å²) in [5.41, 5.74) is 25.8. The van der Waals surface area contributed by atoms with Crippen molar-refractivity contribution in [2.75, 3.05) is 0 Å². The Hall–Kier alpha value is -6.58. The van der Waals surface area contributed by atoms with Crippen molar-refractivity contribution in [2.45, 2.75) is 59.2 Å². The van der Waals surface area contributed by atoms with E-state index in [2.05, 4.69) is 221 Å². The molecule has 5 aliphatic rings. The van der Waals surface area contributed by atoms with Crippen LogP contribution in [0.25, 0.3) is 79.6 Å². The van der Waals surface area contributed by atoms with Crippen LogP contribution in [0.5, 0.6) is 0 Å². The van der Waals surface area contributed by atoms with Gasteiger partial charge in [0.15, 0.2) is 0 Å². The lowest BCUT2D eigenvalue weighted by Gasteiger charge is -2.45. The largest absolute Gasteiger partial charge is 0.313 e. The van der Waals surface area contributed by atoms with Crippen molar-refractivity contribution in [2.24, 2.45) is 17.3 Å². The number of allylic oxidation sites excluding steroid dienone is 3. The quantitative estimate of drug-likeness (QED) is 0.157. The van der Waals surface area contributed by atoms with Crippen molar-refractivity contribution in [1.82, 2.24) is 9.13 Å². The second kappa shape index (κ2) is 13.0. The Morgan fingerprint density at radius 2 is 1.27 bits per heavy atom. The third-order valence-corrected chi connectivity index (χ3v) is 15.3. The van der Waals surface area contributed by atoms with Gasteiger partial charge in [-0.15, -0.1) is 0 Å². The van der Waals surface area contributed by atoms with Crippen molar-refractivity contribution in [3.8, 4) is 44.9 Å². The minimum atomic E-state index is -0.0316. The Morgan fingerprint density at radius 1 is 0.619 bits per heavy atom. The molecule has 8 aromatic rings. The lowest BCUT2D eigenvalue weighted by atomic mass is 9.27. The maximum atomic E-state index is 2.75. The molecule has 3 unspecified atom stereocenters. The predicted octanol–water partition coefficient (Wildman–Crippen LogP) is 13.7. The first-order chi connectivity index (χ1) is 30.5. The highest BCUT2D eigenvalue weighted by atomic mass is 15.1. The van der Waals surface area contributed by atoms with Crippen LogP contribution in [0.2, 0.25) is 0 Å². The molecule has 304 valence electrons. The van der Waals surface area contributed by atoms with Gasteiger partial charge >= 0.3 is 0 Å². The lowest BCUT2D eigenvalue weighted by Crippen LogP contribution is -2.58. The third-order valence-electron chi connectivity index (χ3n) is 15.3. The van der Waals surface area contributed by atoms with E-state index in [4.69, 9.17) is 0 Å². The van der Waals surface area contributed by atoms with Gasteiger partial charge in [0.05, 0.1) is 5.69 Å². The molecule has 0 spiro atoms. The molecular weight excluding hydrogens is 759 g/mol. The summed E-state index contributed by atoms with van der Waals surface area (Å²) in [5.74, 6) is 0.786. The topological polar surface area (TPSA) is 9.86 Å². The number of aromatic nitrogens is 2. The Balaban J connectivity index is 1.24. The number of fused-ring (bicyclic) bond motifs is 11. The molecule has 3 aliphatic carbocycles. The lowest BCUT2D eigenvalue weighted by molar-refractivity contribution is 0.291. The Kier molecular flexibility index (Phi) is 7.63. The van der Waals surface area contributed by atoms with E-state index in [0.717, 1.165) is 6.42 Å². The van der Waals surface area contributed by atoms with E-state index >= 15 is 0 Å². The van der Waals surface area contributed by atoms with Gasteiger partial charge in [0.25, 0.3) is 0 Å². The zero-order valence-corrected chi connectivity index (χ0v) is 37.1. The summed E-state index contributed by atoms with van der Waals surface area (Å²) in [6, 6.07) is 53.0. The summed E-state index contributed by atoms with van der Waals surface area (Å²) >= 11 is 0. The molecule has 0 amide bonds. The molecule has 6 aromatic carbocycles. The van der Waals surface area contributed by atoms with Gasteiger partial charge in [-0.1, -0.05) is 181 Å². The maximum absolute atomic E-state index is 2.75. The molecule has 3 heteroatoms. The smallest absolute Gasteiger partial charge is 0.227 e. The van der Waals surface area contributed by atoms with Crippen LogP contribution in [0.1, 0.15) is 86.6 Å². The monoisotopic (exact) mass is 810 g/mol. The normalized spacial score (nSPS) is 18.7. The zero-order chi connectivity index (χ0) is 42.5. The first-order valence-electron chi connectivity index (χ1n) is 23.1. The second-order valence-corrected chi connectivity index (χ2v) is 20.9. The molecule has 13 rings (SSSR count). The SMILES string of the molecule is CC(C)(C)c1cc2c3c(c1)c1c(n3-c3cc(-c4ccccc4)cc4c3B2C2c3c(c(-c5ccccc5)c(-c5ccccc5)n3-4)C=C3c4ccccc4C=CC32)C=CC(C(C)(C)C)C1. The van der Waals surface area contributed by atoms with E-state index in [-0.39, 0.29) is 29.3 Å². The van der Waals surface area contributed by atoms with E-state index in [0.29, 0.717) is 5.92 Å². The molecule has 0 N–H and O–H groups in total. The van der Waals surface area contributed by atoms with Gasteiger partial charge in [-0.05, 0) is 120 Å². The van der Waals surface area contributed by atoms with Crippen LogP contribution in [-0.2, 0) is 11.8 Å². The molecular formula is C60H51BN2. The van der Waals surface area contributed by atoms with Crippen molar-refractivity contribution in [3.63, 3.8) is 0 Å². The molecule has 0 radical (unpaired) electrons. The Morgan fingerprint density at radius 3 is 1.97 bits per heavy atom. The molecule has 3 atom stereocenters. The molecule has 0 fully saturated rings. The highest BCUT2D eigenvalue weighted by molar-refractivity contribution is 6.90. The van der Waals surface area contributed by atoms with Crippen molar-refractivity contribution in [1.29, 1.82) is 0 Å². The van der Waals surface area contributed by atoms with Gasteiger partial charge in [0.2, 0.25) is 6.71 Å². The fraction of sp³-hybridized carbons (Fsp3) is 0.200. The van der Waals surface area contributed by atoms with Gasteiger partial charge in [-0.25, -0.2) is 0 Å². The second-order valence-electron chi connectivity index (χ2n) is 20.9. The first kappa shape index (κ1) is 37.0. The van der Waals surface area contributed by atoms with Crippen LogP contribution in [0.4, 0.5) is 0 Å². The summed E-state index contributed by atoms with van der Waals surface area (Å²) in [5, 5.41) is 1.44. The van der Waals surface area contributed by atoms with E-state index in [1.165, 1.54) is 111 Å². The van der Waals surface area contributed by atoms with Crippen molar-refractivity contribution in [3.05, 3.63) is 191 Å². The summed E-state index contributed by atoms with van der Waals surface area (Å²) < 4.78 is 5.46. The van der Waals surface area contributed by atoms with Crippen molar-refractivity contribution < 1.29 is 0 Å². The minimum absolute atomic E-state index is 0.0316. The number of benzene rings is 6. The molecule has 0 saturated heterocycles. The number of nitrogens with zero attached hydrogens (tertiary/aromatic N) is 2. The minimum Gasteiger partial charge on any atom is -0.313 e. The Labute approximate surface area is 372 Å². The highest BCUT2D eigenvalue weighted by Gasteiger charge is 2.52. The molecule has 2 nitrogen and oxygen atoms in total. The molecule has 0 bridgehead atoms. The van der Waals surface area contributed by atoms with Crippen LogP contribution >= 0.6 is 0 Å². The van der Waals surface area contributed by atoms with Crippen molar-refractivity contribution >= 4 is 52.3 Å². The van der Waals surface area contributed by atoms with E-state index in [1.807, 2.05) is 0 Å². The first-order valence-corrected chi connectivity index (χ1v) is 23.1. The van der Waals surface area contributed by atoms with Gasteiger partial charge in [0.1, 0.15) is 0 Å². The van der Waals surface area contributed by atoms with E-state index < -0.39 is 0 Å². The van der Waals surface area contributed by atoms with Crippen LogP contribution in [0.15, 0.2) is 152 Å². The van der Waals surface area contributed by atoms with Crippen LogP contribution in [0, 0.1) is 17.3 Å². The molecule has 63 heavy (non-hydrogen) atoms. The average Bonchev–Trinajstić information content (AvgIpc) is 3.82. The van der Waals surface area contributed by atoms with E-state index in [1.54, 1.807) is 0 Å². The summed E-state index contributed by atoms with van der Waals surface area (Å²) in [4.78, 5) is 0. The molecule has 4 heterocycles. The fourth-order valence-electron chi connectivity index (χ4n) is 12.2. The van der Waals surface area contributed by atoms with Gasteiger partial charge in [0, 0.05) is 50.7 Å². The van der Waals surface area contributed by atoms with Gasteiger partial charge in [-0.2, -0.15) is 0 Å². The van der Waals surface area contributed by atoms with E-state index in [9.17, 15) is 0 Å². The molecule has 2 aromatic heterocycles. The number of rotatable bonds is 3. The summed E-state index contributed by atoms with van der Waals surface area (Å²) in [7, 11) is 0. The summed E-state index contributed by atoms with van der Waals surface area (Å²) in [6.45, 7) is 14.6. The fourth-order valence-corrected chi connectivity index (χ4v) is 12.2. The zero-order valence-electron chi connectivity index (χ0n) is 37.1. The number of hydrogen-bond acceptors (Lipinski definition) is 0. The average molecular weight is 811 g/mol. The van der Waals surface area contributed by atoms with Crippen LogP contribution in [-0.4, -0.2) is 15.8 Å². The van der Waals surface area contributed by atoms with Crippen LogP contribution in [0.3, 0.4) is 0 Å². The summed E-state index contributed by atoms with van der Waals surface area (Å²) in [6.07, 6.45) is 13.6.